The average Bonchev–Trinajstić information content (AvgIpc) is 2.03. The maximum atomic E-state index is 11.5. The molecule has 12 heavy (non-hydrogen) atoms. The van der Waals surface area contributed by atoms with Gasteiger partial charge in [-0.2, -0.15) is 0 Å². The van der Waals surface area contributed by atoms with Gasteiger partial charge in [-0.1, -0.05) is 30.3 Å². The minimum Gasteiger partial charge on any atom is -0.358 e. The third-order valence-electron chi connectivity index (χ3n) is 0.989. The number of hydrogen-bond donors (Lipinski definition) is 0. The molecule has 0 N–H and O–H groups in total. The Morgan fingerprint density at radius 2 is 1.75 bits per heavy atom. The molecule has 1 aromatic rings. The SMILES string of the molecule is FC(F)=[C-]Sc1ccccc1.[Li+]. The Morgan fingerprint density at radius 3 is 2.25 bits per heavy atom. The molecule has 0 fully saturated rings. The quantitative estimate of drug-likeness (QED) is 0.357. The maximum Gasteiger partial charge on any atom is 1.00 e. The Labute approximate surface area is 86.2 Å². The van der Waals surface area contributed by atoms with E-state index in [4.69, 9.17) is 0 Å². The van der Waals surface area contributed by atoms with Crippen LogP contribution in [0.4, 0.5) is 8.78 Å². The smallest absolute Gasteiger partial charge is 0.358 e. The van der Waals surface area contributed by atoms with Gasteiger partial charge in [0.2, 0.25) is 0 Å². The van der Waals surface area contributed by atoms with Crippen LogP contribution in [0.1, 0.15) is 0 Å². The molecule has 0 amide bonds. The molecule has 0 spiro atoms. The molecular formula is C8H5F2LiS. The molecule has 0 heterocycles. The van der Waals surface area contributed by atoms with Crippen molar-refractivity contribution in [2.24, 2.45) is 0 Å². The Morgan fingerprint density at radius 1 is 1.17 bits per heavy atom. The fourth-order valence-corrected chi connectivity index (χ4v) is 1.07. The summed E-state index contributed by atoms with van der Waals surface area (Å²) in [4.78, 5) is 0.764. The minimum atomic E-state index is -1.78. The van der Waals surface area contributed by atoms with Crippen LogP contribution in [0.15, 0.2) is 41.3 Å². The van der Waals surface area contributed by atoms with Crippen LogP contribution in [-0.4, -0.2) is 0 Å². The third-order valence-corrected chi connectivity index (χ3v) is 1.75. The molecule has 0 nitrogen and oxygen atoms in total. The Bertz CT molecular complexity index is 244. The summed E-state index contributed by atoms with van der Waals surface area (Å²) in [6.45, 7) is 0. The summed E-state index contributed by atoms with van der Waals surface area (Å²) in [5, 5.41) is 1.86. The average molecular weight is 178 g/mol. The molecule has 0 saturated heterocycles. The minimum absolute atomic E-state index is 0. The van der Waals surface area contributed by atoms with E-state index in [0.29, 0.717) is 0 Å². The van der Waals surface area contributed by atoms with Crippen molar-refractivity contribution in [1.29, 1.82) is 0 Å². The molecule has 58 valence electrons. The van der Waals surface area contributed by atoms with Gasteiger partial charge < -0.3 is 17.2 Å². The maximum absolute atomic E-state index is 11.5. The molecule has 1 aromatic carbocycles. The zero-order valence-electron chi connectivity index (χ0n) is 6.55. The summed E-state index contributed by atoms with van der Waals surface area (Å²) in [6, 6.07) is 8.92. The zero-order chi connectivity index (χ0) is 8.10. The topological polar surface area (TPSA) is 0 Å². The second-order valence-electron chi connectivity index (χ2n) is 1.78. The van der Waals surface area contributed by atoms with E-state index in [9.17, 15) is 8.78 Å². The van der Waals surface area contributed by atoms with Crippen LogP contribution >= 0.6 is 11.8 Å². The van der Waals surface area contributed by atoms with Gasteiger partial charge in [0.25, 0.3) is 0 Å². The molecule has 0 bridgehead atoms. The summed E-state index contributed by atoms with van der Waals surface area (Å²) < 4.78 is 23.0. The van der Waals surface area contributed by atoms with Crippen LogP contribution in [-0.2, 0) is 0 Å². The first-order chi connectivity index (χ1) is 5.29. The van der Waals surface area contributed by atoms with Crippen LogP contribution in [0.3, 0.4) is 0 Å². The molecule has 4 heteroatoms. The number of rotatable bonds is 2. The van der Waals surface area contributed by atoms with E-state index >= 15 is 0 Å². The standard InChI is InChI=1S/C8H5F2S.Li/c9-8(10)6-11-7-4-2-1-3-5-7;/h1-5H;/q-1;+1. The van der Waals surface area contributed by atoms with Gasteiger partial charge in [0.05, 0.1) is 0 Å². The predicted molar refractivity (Wildman–Crippen MR) is 41.3 cm³/mol. The van der Waals surface area contributed by atoms with E-state index in [-0.39, 0.29) is 18.9 Å². The van der Waals surface area contributed by atoms with E-state index in [1.54, 1.807) is 24.3 Å². The van der Waals surface area contributed by atoms with Gasteiger partial charge in [0.15, 0.2) is 0 Å². The summed E-state index contributed by atoms with van der Waals surface area (Å²) in [7, 11) is 0. The van der Waals surface area contributed by atoms with Gasteiger partial charge in [0, 0.05) is 0 Å². The fraction of sp³-hybridized carbons (Fsp3) is 0. The molecule has 1 rings (SSSR count). The molecule has 0 radical (unpaired) electrons. The van der Waals surface area contributed by atoms with Crippen molar-refractivity contribution in [3.63, 3.8) is 0 Å². The first-order valence-corrected chi connectivity index (χ1v) is 3.76. The van der Waals surface area contributed by atoms with E-state index in [1.807, 2.05) is 11.5 Å². The van der Waals surface area contributed by atoms with Gasteiger partial charge in [-0.05, 0) is 4.90 Å². The van der Waals surface area contributed by atoms with Gasteiger partial charge in [-0.3, -0.25) is 0 Å². The van der Waals surface area contributed by atoms with Crippen LogP contribution < -0.4 is 18.9 Å². The first-order valence-electron chi connectivity index (χ1n) is 2.95. The van der Waals surface area contributed by atoms with Gasteiger partial charge in [0.1, 0.15) is 6.08 Å². The van der Waals surface area contributed by atoms with Gasteiger partial charge in [-0.25, -0.2) is 8.78 Å². The number of benzene rings is 1. The van der Waals surface area contributed by atoms with Crippen molar-refractivity contribution in [3.8, 4) is 0 Å². The number of thioether (sulfide) groups is 1. The second-order valence-corrected chi connectivity index (χ2v) is 2.66. The molecule has 0 saturated carbocycles. The molecule has 0 aliphatic heterocycles. The van der Waals surface area contributed by atoms with E-state index in [2.05, 4.69) is 0 Å². The van der Waals surface area contributed by atoms with Crippen molar-refractivity contribution in [1.82, 2.24) is 0 Å². The largest absolute Gasteiger partial charge is 1.00 e. The van der Waals surface area contributed by atoms with Gasteiger partial charge >= 0.3 is 18.9 Å². The summed E-state index contributed by atoms with van der Waals surface area (Å²) in [5.41, 5.74) is 0. The molecule has 0 unspecified atom stereocenters. The van der Waals surface area contributed by atoms with Crippen LogP contribution in [0.2, 0.25) is 0 Å². The van der Waals surface area contributed by atoms with Crippen molar-refractivity contribution in [2.75, 3.05) is 0 Å². The fourth-order valence-electron chi connectivity index (χ4n) is 0.586. The Kier molecular flexibility index (Phi) is 6.18. The summed E-state index contributed by atoms with van der Waals surface area (Å²) in [5.74, 6) is 0. The van der Waals surface area contributed by atoms with Crippen molar-refractivity contribution in [3.05, 3.63) is 41.8 Å². The molecule has 0 aliphatic rings. The molecular weight excluding hydrogens is 173 g/mol. The van der Waals surface area contributed by atoms with Crippen molar-refractivity contribution < 1.29 is 27.6 Å². The van der Waals surface area contributed by atoms with E-state index in [0.717, 1.165) is 16.7 Å². The molecule has 0 aromatic heterocycles. The molecule has 0 atom stereocenters. The van der Waals surface area contributed by atoms with Crippen LogP contribution in [0.5, 0.6) is 0 Å². The number of hydrogen-bond acceptors (Lipinski definition) is 1. The summed E-state index contributed by atoms with van der Waals surface area (Å²) >= 11 is 0.891. The van der Waals surface area contributed by atoms with E-state index < -0.39 is 6.08 Å². The normalized spacial score (nSPS) is 8.50. The first kappa shape index (κ1) is 11.8. The Hall–Kier alpha value is -0.233. The van der Waals surface area contributed by atoms with Crippen LogP contribution in [0.25, 0.3) is 0 Å². The Balaban J connectivity index is 0.00000121. The monoisotopic (exact) mass is 178 g/mol. The third kappa shape index (κ3) is 4.61. The number of halogens is 2. The predicted octanol–water partition coefficient (Wildman–Crippen LogP) is 0.324. The van der Waals surface area contributed by atoms with Gasteiger partial charge in [-0.15, -0.1) is 0 Å². The summed E-state index contributed by atoms with van der Waals surface area (Å²) in [6.07, 6.45) is -1.78. The zero-order valence-corrected chi connectivity index (χ0v) is 7.37. The second kappa shape index (κ2) is 6.30. The van der Waals surface area contributed by atoms with Crippen molar-refractivity contribution in [2.45, 2.75) is 4.90 Å². The van der Waals surface area contributed by atoms with Crippen LogP contribution in [0, 0.1) is 5.41 Å². The van der Waals surface area contributed by atoms with E-state index in [1.165, 1.54) is 0 Å². The molecule has 0 aliphatic carbocycles. The van der Waals surface area contributed by atoms with Crippen molar-refractivity contribution >= 4 is 11.8 Å².